The van der Waals surface area contributed by atoms with E-state index in [9.17, 15) is 0 Å². The van der Waals surface area contributed by atoms with Crippen LogP contribution in [0.3, 0.4) is 0 Å². The van der Waals surface area contributed by atoms with Crippen LogP contribution in [0.4, 0.5) is 0 Å². The lowest BCUT2D eigenvalue weighted by Gasteiger charge is -2.44. The molecular weight excluding hydrogens is 276 g/mol. The highest BCUT2D eigenvalue weighted by Crippen LogP contribution is 2.42. The first-order valence-electron chi connectivity index (χ1n) is 7.12. The molecule has 0 radical (unpaired) electrons. The molecule has 0 aromatic carbocycles. The molecule has 0 amide bonds. The largest absolute Gasteiger partial charge is 0.375 e. The molecule has 2 rings (SSSR count). The van der Waals surface area contributed by atoms with Crippen LogP contribution in [-0.4, -0.2) is 17.5 Å². The van der Waals surface area contributed by atoms with E-state index >= 15 is 0 Å². The fourth-order valence-electron chi connectivity index (χ4n) is 3.41. The second-order valence-corrected chi connectivity index (χ2v) is 6.50. The van der Waals surface area contributed by atoms with Crippen LogP contribution in [0.2, 0.25) is 0 Å². The Morgan fingerprint density at radius 1 is 1.35 bits per heavy atom. The lowest BCUT2D eigenvalue weighted by atomic mass is 9.74. The van der Waals surface area contributed by atoms with E-state index in [-0.39, 0.29) is 5.60 Å². The molecule has 2 aliphatic rings. The minimum Gasteiger partial charge on any atom is -0.375 e. The van der Waals surface area contributed by atoms with Crippen molar-refractivity contribution in [3.63, 3.8) is 0 Å². The van der Waals surface area contributed by atoms with Crippen LogP contribution in [-0.2, 0) is 4.74 Å². The Kier molecular flexibility index (Phi) is 5.10. The van der Waals surface area contributed by atoms with Crippen LogP contribution in [0, 0.1) is 5.92 Å². The Hall–Kier alpha value is 0.180. The standard InChI is InChI=1S/C15H25BrO/c1-13(6-5-10-16)14-7-11-17-15(12-14)8-3-2-4-9-15/h6,14H,2-5,7-12H2,1H3. The maximum atomic E-state index is 6.15. The zero-order valence-corrected chi connectivity index (χ0v) is 12.6. The van der Waals surface area contributed by atoms with Gasteiger partial charge in [-0.1, -0.05) is 46.8 Å². The molecule has 0 aromatic rings. The summed E-state index contributed by atoms with van der Waals surface area (Å²) in [5, 5.41) is 1.08. The van der Waals surface area contributed by atoms with Gasteiger partial charge in [0, 0.05) is 11.9 Å². The van der Waals surface area contributed by atoms with Gasteiger partial charge >= 0.3 is 0 Å². The van der Waals surface area contributed by atoms with Crippen molar-refractivity contribution in [1.82, 2.24) is 0 Å². The van der Waals surface area contributed by atoms with E-state index in [1.165, 1.54) is 44.9 Å². The first kappa shape index (κ1) is 13.6. The fourth-order valence-corrected chi connectivity index (χ4v) is 3.64. The van der Waals surface area contributed by atoms with Gasteiger partial charge in [0.15, 0.2) is 0 Å². The number of ether oxygens (including phenoxy) is 1. The van der Waals surface area contributed by atoms with Crippen LogP contribution in [0.1, 0.15) is 58.3 Å². The lowest BCUT2D eigenvalue weighted by Crippen LogP contribution is -2.41. The Labute approximate surface area is 114 Å². The van der Waals surface area contributed by atoms with Crippen molar-refractivity contribution in [3.8, 4) is 0 Å². The molecule has 0 N–H and O–H groups in total. The molecule has 1 spiro atoms. The molecule has 2 fully saturated rings. The molecule has 17 heavy (non-hydrogen) atoms. The van der Waals surface area contributed by atoms with Gasteiger partial charge in [0.25, 0.3) is 0 Å². The van der Waals surface area contributed by atoms with Crippen molar-refractivity contribution in [1.29, 1.82) is 0 Å². The minimum absolute atomic E-state index is 0.255. The molecule has 0 bridgehead atoms. The quantitative estimate of drug-likeness (QED) is 0.535. The molecule has 1 atom stereocenters. The van der Waals surface area contributed by atoms with Gasteiger partial charge in [0.2, 0.25) is 0 Å². The number of hydrogen-bond acceptors (Lipinski definition) is 1. The summed E-state index contributed by atoms with van der Waals surface area (Å²) in [5.74, 6) is 0.779. The third kappa shape index (κ3) is 3.57. The molecule has 2 heteroatoms. The van der Waals surface area contributed by atoms with Crippen LogP contribution in [0.15, 0.2) is 11.6 Å². The molecule has 0 aromatic heterocycles. The molecule has 1 saturated heterocycles. The number of alkyl halides is 1. The van der Waals surface area contributed by atoms with Crippen molar-refractivity contribution in [2.24, 2.45) is 5.92 Å². The molecule has 1 saturated carbocycles. The van der Waals surface area contributed by atoms with Gasteiger partial charge in [-0.2, -0.15) is 0 Å². The summed E-state index contributed by atoms with van der Waals surface area (Å²) in [7, 11) is 0. The van der Waals surface area contributed by atoms with Crippen molar-refractivity contribution in [3.05, 3.63) is 11.6 Å². The smallest absolute Gasteiger partial charge is 0.0688 e. The first-order chi connectivity index (χ1) is 8.26. The second-order valence-electron chi connectivity index (χ2n) is 5.71. The summed E-state index contributed by atoms with van der Waals surface area (Å²) in [6, 6.07) is 0. The molecule has 1 aliphatic heterocycles. The van der Waals surface area contributed by atoms with Gasteiger partial charge in [0.05, 0.1) is 5.60 Å². The minimum atomic E-state index is 0.255. The lowest BCUT2D eigenvalue weighted by molar-refractivity contribution is -0.112. The normalized spacial score (nSPS) is 29.5. The van der Waals surface area contributed by atoms with E-state index in [1.54, 1.807) is 5.57 Å². The molecular formula is C15H25BrO. The topological polar surface area (TPSA) is 9.23 Å². The second kappa shape index (κ2) is 6.38. The van der Waals surface area contributed by atoms with Crippen molar-refractivity contribution in [2.45, 2.75) is 63.9 Å². The Morgan fingerprint density at radius 2 is 2.12 bits per heavy atom. The molecule has 1 unspecified atom stereocenters. The predicted octanol–water partition coefficient (Wildman–Crippen LogP) is 4.85. The number of allylic oxidation sites excluding steroid dienone is 2. The highest BCUT2D eigenvalue weighted by Gasteiger charge is 2.38. The zero-order chi connectivity index (χ0) is 12.1. The van der Waals surface area contributed by atoms with E-state index in [4.69, 9.17) is 4.74 Å². The predicted molar refractivity (Wildman–Crippen MR) is 76.7 cm³/mol. The third-order valence-corrected chi connectivity index (χ3v) is 4.93. The Morgan fingerprint density at radius 3 is 2.82 bits per heavy atom. The average Bonchev–Trinajstić information content (AvgIpc) is 2.37. The summed E-state index contributed by atoms with van der Waals surface area (Å²) in [5.41, 5.74) is 1.85. The van der Waals surface area contributed by atoms with Gasteiger partial charge in [0.1, 0.15) is 0 Å². The zero-order valence-electron chi connectivity index (χ0n) is 11.0. The van der Waals surface area contributed by atoms with E-state index in [0.29, 0.717) is 0 Å². The van der Waals surface area contributed by atoms with Crippen LogP contribution in [0.5, 0.6) is 0 Å². The molecule has 1 aliphatic carbocycles. The fraction of sp³-hybridized carbons (Fsp3) is 0.867. The van der Waals surface area contributed by atoms with Gasteiger partial charge in [-0.15, -0.1) is 0 Å². The SMILES string of the molecule is CC(=CCCBr)C1CCOC2(CCCCC2)C1. The van der Waals surface area contributed by atoms with Crippen molar-refractivity contribution < 1.29 is 4.74 Å². The van der Waals surface area contributed by atoms with E-state index in [1.807, 2.05) is 0 Å². The summed E-state index contributed by atoms with van der Waals surface area (Å²) in [6.45, 7) is 3.29. The Bertz CT molecular complexity index is 261. The maximum Gasteiger partial charge on any atom is 0.0688 e. The van der Waals surface area contributed by atoms with E-state index < -0.39 is 0 Å². The highest BCUT2D eigenvalue weighted by molar-refractivity contribution is 9.09. The van der Waals surface area contributed by atoms with E-state index in [2.05, 4.69) is 28.9 Å². The number of rotatable bonds is 3. The first-order valence-corrected chi connectivity index (χ1v) is 8.24. The summed E-state index contributed by atoms with van der Waals surface area (Å²) in [6.07, 6.45) is 12.8. The number of hydrogen-bond donors (Lipinski definition) is 0. The van der Waals surface area contributed by atoms with Gasteiger partial charge in [-0.3, -0.25) is 0 Å². The highest BCUT2D eigenvalue weighted by atomic mass is 79.9. The number of halogens is 1. The van der Waals surface area contributed by atoms with Crippen LogP contribution >= 0.6 is 15.9 Å². The Balaban J connectivity index is 1.96. The summed E-state index contributed by atoms with van der Waals surface area (Å²) < 4.78 is 6.15. The van der Waals surface area contributed by atoms with Gasteiger partial charge in [-0.25, -0.2) is 0 Å². The third-order valence-electron chi connectivity index (χ3n) is 4.48. The van der Waals surface area contributed by atoms with Crippen molar-refractivity contribution in [2.75, 3.05) is 11.9 Å². The summed E-state index contributed by atoms with van der Waals surface area (Å²) in [4.78, 5) is 0. The maximum absolute atomic E-state index is 6.15. The summed E-state index contributed by atoms with van der Waals surface area (Å²) >= 11 is 3.50. The van der Waals surface area contributed by atoms with Gasteiger partial charge < -0.3 is 4.74 Å². The van der Waals surface area contributed by atoms with E-state index in [0.717, 1.165) is 24.3 Å². The van der Waals surface area contributed by atoms with Crippen LogP contribution in [0.25, 0.3) is 0 Å². The monoisotopic (exact) mass is 300 g/mol. The molecule has 1 nitrogen and oxygen atoms in total. The van der Waals surface area contributed by atoms with Crippen molar-refractivity contribution >= 4 is 15.9 Å². The van der Waals surface area contributed by atoms with Crippen LogP contribution < -0.4 is 0 Å². The molecule has 1 heterocycles. The molecule has 98 valence electrons. The average molecular weight is 301 g/mol. The van der Waals surface area contributed by atoms with Gasteiger partial charge in [-0.05, 0) is 44.9 Å².